The van der Waals surface area contributed by atoms with E-state index >= 15 is 0 Å². The number of carbonyl (C=O) groups is 1. The number of hydrogen-bond donors (Lipinski definition) is 1. The number of nitrogens with zero attached hydrogens (tertiary/aromatic N) is 2. The summed E-state index contributed by atoms with van der Waals surface area (Å²) in [6, 6.07) is 7.48. The molecule has 1 N–H and O–H groups in total. The zero-order valence-corrected chi connectivity index (χ0v) is 9.05. The van der Waals surface area contributed by atoms with Crippen molar-refractivity contribution < 1.29 is 4.79 Å². The number of allylic oxidation sites excluding steroid dienone is 1. The normalized spacial score (nSPS) is 13.9. The maximum absolute atomic E-state index is 11.7. The number of para-hydroxylation sites is 1. The van der Waals surface area contributed by atoms with Gasteiger partial charge in [-0.1, -0.05) is 12.1 Å². The van der Waals surface area contributed by atoms with Crippen molar-refractivity contribution in [2.75, 3.05) is 18.6 Å². The van der Waals surface area contributed by atoms with Gasteiger partial charge in [-0.25, -0.2) is 0 Å². The molecule has 0 atom stereocenters. The van der Waals surface area contributed by atoms with Crippen LogP contribution in [0.25, 0.3) is 0 Å². The van der Waals surface area contributed by atoms with E-state index < -0.39 is 0 Å². The molecular weight excluding hydrogens is 202 g/mol. The van der Waals surface area contributed by atoms with Gasteiger partial charge in [-0.15, -0.1) is 0 Å². The number of anilines is 1. The van der Waals surface area contributed by atoms with Gasteiger partial charge in [0.1, 0.15) is 6.67 Å². The Bertz CT molecular complexity index is 451. The average molecular weight is 215 g/mol. The van der Waals surface area contributed by atoms with E-state index in [2.05, 4.69) is 10.3 Å². The molecule has 0 aromatic heterocycles. The van der Waals surface area contributed by atoms with Crippen molar-refractivity contribution >= 4 is 17.8 Å². The van der Waals surface area contributed by atoms with Crippen LogP contribution in [-0.2, 0) is 0 Å². The van der Waals surface area contributed by atoms with Gasteiger partial charge in [-0.3, -0.25) is 9.79 Å². The summed E-state index contributed by atoms with van der Waals surface area (Å²) in [5.41, 5.74) is 1.53. The van der Waals surface area contributed by atoms with Crippen LogP contribution >= 0.6 is 0 Å². The third kappa shape index (κ3) is 1.95. The molecule has 0 bridgehead atoms. The maximum atomic E-state index is 11.7. The minimum absolute atomic E-state index is 0.0847. The molecule has 1 aliphatic rings. The summed E-state index contributed by atoms with van der Waals surface area (Å²) >= 11 is 0. The maximum Gasteiger partial charge on any atom is 0.253 e. The second-order valence-corrected chi connectivity index (χ2v) is 3.38. The van der Waals surface area contributed by atoms with E-state index in [4.69, 9.17) is 0 Å². The van der Waals surface area contributed by atoms with E-state index in [-0.39, 0.29) is 5.91 Å². The highest BCUT2D eigenvalue weighted by Crippen LogP contribution is 2.21. The van der Waals surface area contributed by atoms with Crippen molar-refractivity contribution in [2.45, 2.75) is 0 Å². The molecule has 16 heavy (non-hydrogen) atoms. The summed E-state index contributed by atoms with van der Waals surface area (Å²) in [6.07, 6.45) is 5.51. The molecule has 82 valence electrons. The second kappa shape index (κ2) is 4.61. The van der Waals surface area contributed by atoms with Gasteiger partial charge < -0.3 is 10.2 Å². The summed E-state index contributed by atoms with van der Waals surface area (Å²) in [5, 5.41) is 2.63. The van der Waals surface area contributed by atoms with Gasteiger partial charge >= 0.3 is 0 Å². The van der Waals surface area contributed by atoms with Gasteiger partial charge in [-0.2, -0.15) is 0 Å². The SMILES string of the molecule is CNC(=O)c1ccccc1N1C=CC=NC1. The Morgan fingerprint density at radius 1 is 1.44 bits per heavy atom. The van der Waals surface area contributed by atoms with E-state index in [0.29, 0.717) is 12.2 Å². The highest BCUT2D eigenvalue weighted by atomic mass is 16.1. The summed E-state index contributed by atoms with van der Waals surface area (Å²) in [6.45, 7) is 0.546. The lowest BCUT2D eigenvalue weighted by molar-refractivity contribution is 0.0963. The molecule has 0 aliphatic carbocycles. The van der Waals surface area contributed by atoms with Gasteiger partial charge in [0, 0.05) is 19.5 Å². The number of amides is 1. The molecule has 0 saturated carbocycles. The predicted molar refractivity (Wildman–Crippen MR) is 64.8 cm³/mol. The number of rotatable bonds is 2. The molecule has 0 saturated heterocycles. The molecule has 0 fully saturated rings. The van der Waals surface area contributed by atoms with E-state index in [0.717, 1.165) is 5.69 Å². The van der Waals surface area contributed by atoms with Crippen molar-refractivity contribution in [3.63, 3.8) is 0 Å². The monoisotopic (exact) mass is 215 g/mol. The van der Waals surface area contributed by atoms with Crippen LogP contribution in [0.15, 0.2) is 41.5 Å². The fourth-order valence-corrected chi connectivity index (χ4v) is 1.59. The fraction of sp³-hybridized carbons (Fsp3) is 0.167. The Balaban J connectivity index is 2.36. The first-order valence-corrected chi connectivity index (χ1v) is 5.07. The number of aliphatic imine (C=N–C) groups is 1. The lowest BCUT2D eigenvalue weighted by Gasteiger charge is -2.22. The molecule has 1 amide bonds. The lowest BCUT2D eigenvalue weighted by atomic mass is 10.1. The molecular formula is C12H13N3O. The van der Waals surface area contributed by atoms with Crippen LogP contribution in [0.5, 0.6) is 0 Å². The Labute approximate surface area is 94.3 Å². The van der Waals surface area contributed by atoms with Crippen molar-refractivity contribution in [2.24, 2.45) is 4.99 Å². The average Bonchev–Trinajstić information content (AvgIpc) is 2.39. The zero-order chi connectivity index (χ0) is 11.4. The third-order valence-electron chi connectivity index (χ3n) is 2.38. The van der Waals surface area contributed by atoms with Crippen molar-refractivity contribution in [3.8, 4) is 0 Å². The van der Waals surface area contributed by atoms with Crippen LogP contribution in [-0.4, -0.2) is 25.8 Å². The molecule has 0 unspecified atom stereocenters. The van der Waals surface area contributed by atoms with Crippen LogP contribution in [0.4, 0.5) is 5.69 Å². The molecule has 0 spiro atoms. The molecule has 1 heterocycles. The van der Waals surface area contributed by atoms with Gasteiger partial charge in [0.15, 0.2) is 0 Å². The molecule has 4 heteroatoms. The minimum Gasteiger partial charge on any atom is -0.355 e. The lowest BCUT2D eigenvalue weighted by Crippen LogP contribution is -2.24. The highest BCUT2D eigenvalue weighted by Gasteiger charge is 2.13. The van der Waals surface area contributed by atoms with Crippen molar-refractivity contribution in [1.29, 1.82) is 0 Å². The zero-order valence-electron chi connectivity index (χ0n) is 9.05. The van der Waals surface area contributed by atoms with Gasteiger partial charge in [0.05, 0.1) is 11.3 Å². The van der Waals surface area contributed by atoms with Crippen LogP contribution in [0.3, 0.4) is 0 Å². The fourth-order valence-electron chi connectivity index (χ4n) is 1.59. The summed E-state index contributed by atoms with van der Waals surface area (Å²) in [5.74, 6) is -0.0847. The second-order valence-electron chi connectivity index (χ2n) is 3.38. The Kier molecular flexibility index (Phi) is 3.00. The predicted octanol–water partition coefficient (Wildman–Crippen LogP) is 1.41. The van der Waals surface area contributed by atoms with Crippen LogP contribution in [0.1, 0.15) is 10.4 Å². The molecule has 1 aromatic carbocycles. The quantitative estimate of drug-likeness (QED) is 0.810. The summed E-state index contributed by atoms with van der Waals surface area (Å²) in [4.78, 5) is 17.8. The first-order valence-electron chi connectivity index (χ1n) is 5.07. The van der Waals surface area contributed by atoms with E-state index in [1.807, 2.05) is 35.4 Å². The van der Waals surface area contributed by atoms with Gasteiger partial charge in [0.2, 0.25) is 0 Å². The first-order chi connectivity index (χ1) is 7.83. The number of carbonyl (C=O) groups excluding carboxylic acids is 1. The van der Waals surface area contributed by atoms with E-state index in [1.165, 1.54) is 0 Å². The largest absolute Gasteiger partial charge is 0.355 e. The Morgan fingerprint density at radius 2 is 2.25 bits per heavy atom. The number of hydrogen-bond acceptors (Lipinski definition) is 3. The van der Waals surface area contributed by atoms with Gasteiger partial charge in [-0.05, 0) is 18.2 Å². The first kappa shape index (κ1) is 10.4. The smallest absolute Gasteiger partial charge is 0.253 e. The minimum atomic E-state index is -0.0847. The molecule has 1 aliphatic heterocycles. The highest BCUT2D eigenvalue weighted by molar-refractivity contribution is 6.00. The molecule has 0 radical (unpaired) electrons. The standard InChI is InChI=1S/C12H13N3O/c1-13-12(16)10-5-2-3-6-11(10)15-8-4-7-14-9-15/h2-8H,9H2,1H3,(H,13,16). The van der Waals surface area contributed by atoms with Crippen LogP contribution in [0, 0.1) is 0 Å². The summed E-state index contributed by atoms with van der Waals surface area (Å²) < 4.78 is 0. The molecule has 2 rings (SSSR count). The van der Waals surface area contributed by atoms with Gasteiger partial charge in [0.25, 0.3) is 5.91 Å². The molecule has 1 aromatic rings. The third-order valence-corrected chi connectivity index (χ3v) is 2.38. The van der Waals surface area contributed by atoms with Crippen LogP contribution in [0.2, 0.25) is 0 Å². The Hall–Kier alpha value is -2.10. The molecule has 4 nitrogen and oxygen atoms in total. The topological polar surface area (TPSA) is 44.7 Å². The van der Waals surface area contributed by atoms with Crippen LogP contribution < -0.4 is 10.2 Å². The summed E-state index contributed by atoms with van der Waals surface area (Å²) in [7, 11) is 1.63. The van der Waals surface area contributed by atoms with E-state index in [9.17, 15) is 4.79 Å². The van der Waals surface area contributed by atoms with E-state index in [1.54, 1.807) is 19.3 Å². The number of nitrogens with one attached hydrogen (secondary N) is 1. The van der Waals surface area contributed by atoms with Crippen molar-refractivity contribution in [3.05, 3.63) is 42.1 Å². The Morgan fingerprint density at radius 3 is 2.94 bits per heavy atom. The number of benzene rings is 1. The van der Waals surface area contributed by atoms with Crippen molar-refractivity contribution in [1.82, 2.24) is 5.32 Å².